The SMILES string of the molecule is CCNc1ncccc1C(=O)NCCCOCCOC. The number of hydrogen-bond acceptors (Lipinski definition) is 5. The van der Waals surface area contributed by atoms with Gasteiger partial charge in [0.15, 0.2) is 0 Å². The molecule has 20 heavy (non-hydrogen) atoms. The van der Waals surface area contributed by atoms with Crippen LogP contribution in [0.2, 0.25) is 0 Å². The third-order valence-electron chi connectivity index (χ3n) is 2.58. The Morgan fingerprint density at radius 1 is 1.35 bits per heavy atom. The number of hydrogen-bond donors (Lipinski definition) is 2. The minimum atomic E-state index is -0.119. The molecule has 0 unspecified atom stereocenters. The van der Waals surface area contributed by atoms with E-state index in [4.69, 9.17) is 9.47 Å². The average Bonchev–Trinajstić information content (AvgIpc) is 2.47. The summed E-state index contributed by atoms with van der Waals surface area (Å²) < 4.78 is 10.2. The van der Waals surface area contributed by atoms with E-state index in [0.717, 1.165) is 13.0 Å². The maximum Gasteiger partial charge on any atom is 0.255 e. The Bertz CT molecular complexity index is 399. The predicted octanol–water partition coefficient (Wildman–Crippen LogP) is 1.30. The molecule has 0 aliphatic heterocycles. The third kappa shape index (κ3) is 5.99. The number of rotatable bonds is 10. The van der Waals surface area contributed by atoms with Crippen LogP contribution >= 0.6 is 0 Å². The van der Waals surface area contributed by atoms with Crippen LogP contribution in [0.5, 0.6) is 0 Å². The standard InChI is InChI=1S/C14H23N3O3/c1-3-15-13-12(6-4-7-16-13)14(18)17-8-5-9-20-11-10-19-2/h4,6-7H,3,5,8-11H2,1-2H3,(H,15,16)(H,17,18). The van der Waals surface area contributed by atoms with E-state index in [0.29, 0.717) is 37.7 Å². The number of carbonyl (C=O) groups is 1. The van der Waals surface area contributed by atoms with Gasteiger partial charge in [-0.2, -0.15) is 0 Å². The van der Waals surface area contributed by atoms with Gasteiger partial charge in [-0.15, -0.1) is 0 Å². The van der Waals surface area contributed by atoms with Gasteiger partial charge in [0.1, 0.15) is 5.82 Å². The highest BCUT2D eigenvalue weighted by molar-refractivity contribution is 5.98. The second-order valence-corrected chi connectivity index (χ2v) is 4.14. The third-order valence-corrected chi connectivity index (χ3v) is 2.58. The molecule has 0 saturated heterocycles. The van der Waals surface area contributed by atoms with Crippen molar-refractivity contribution in [1.82, 2.24) is 10.3 Å². The molecule has 0 spiro atoms. The summed E-state index contributed by atoms with van der Waals surface area (Å²) in [4.78, 5) is 16.2. The Balaban J connectivity index is 2.29. The van der Waals surface area contributed by atoms with Crippen LogP contribution in [0.25, 0.3) is 0 Å². The van der Waals surface area contributed by atoms with Crippen molar-refractivity contribution in [3.8, 4) is 0 Å². The fourth-order valence-electron chi connectivity index (χ4n) is 1.61. The molecule has 0 atom stereocenters. The zero-order valence-electron chi connectivity index (χ0n) is 12.1. The highest BCUT2D eigenvalue weighted by Crippen LogP contribution is 2.10. The summed E-state index contributed by atoms with van der Waals surface area (Å²) in [6, 6.07) is 3.51. The normalized spacial score (nSPS) is 10.3. The van der Waals surface area contributed by atoms with Crippen molar-refractivity contribution in [2.45, 2.75) is 13.3 Å². The lowest BCUT2D eigenvalue weighted by atomic mass is 10.2. The molecule has 112 valence electrons. The van der Waals surface area contributed by atoms with Crippen LogP contribution in [0.4, 0.5) is 5.82 Å². The molecule has 1 amide bonds. The van der Waals surface area contributed by atoms with Crippen molar-refractivity contribution < 1.29 is 14.3 Å². The van der Waals surface area contributed by atoms with Gasteiger partial charge in [0.05, 0.1) is 18.8 Å². The summed E-state index contributed by atoms with van der Waals surface area (Å²) in [5.41, 5.74) is 0.564. The van der Waals surface area contributed by atoms with Crippen LogP contribution in [-0.2, 0) is 9.47 Å². The molecule has 1 heterocycles. The fraction of sp³-hybridized carbons (Fsp3) is 0.571. The maximum absolute atomic E-state index is 12.0. The number of aromatic nitrogens is 1. The van der Waals surface area contributed by atoms with E-state index in [1.807, 2.05) is 6.92 Å². The first-order valence-electron chi connectivity index (χ1n) is 6.83. The smallest absolute Gasteiger partial charge is 0.255 e. The second kappa shape index (κ2) is 10.2. The van der Waals surface area contributed by atoms with E-state index in [1.165, 1.54) is 0 Å². The molecule has 0 fully saturated rings. The number of nitrogens with zero attached hydrogens (tertiary/aromatic N) is 1. The number of nitrogens with one attached hydrogen (secondary N) is 2. The average molecular weight is 281 g/mol. The van der Waals surface area contributed by atoms with E-state index >= 15 is 0 Å². The molecule has 6 heteroatoms. The molecular formula is C14H23N3O3. The highest BCUT2D eigenvalue weighted by atomic mass is 16.5. The fourth-order valence-corrected chi connectivity index (χ4v) is 1.61. The zero-order valence-corrected chi connectivity index (χ0v) is 12.1. The summed E-state index contributed by atoms with van der Waals surface area (Å²) in [6.07, 6.45) is 2.44. The molecule has 0 aliphatic carbocycles. The Kier molecular flexibility index (Phi) is 8.33. The predicted molar refractivity (Wildman–Crippen MR) is 78.0 cm³/mol. The quantitative estimate of drug-likeness (QED) is 0.632. The summed E-state index contributed by atoms with van der Waals surface area (Å²) >= 11 is 0. The van der Waals surface area contributed by atoms with Crippen LogP contribution in [0, 0.1) is 0 Å². The molecule has 1 aromatic rings. The Morgan fingerprint density at radius 2 is 2.20 bits per heavy atom. The van der Waals surface area contributed by atoms with Crippen molar-refractivity contribution in [3.05, 3.63) is 23.9 Å². The summed E-state index contributed by atoms with van der Waals surface area (Å²) in [5, 5.41) is 5.93. The van der Waals surface area contributed by atoms with Gasteiger partial charge in [0.2, 0.25) is 0 Å². The molecule has 0 bridgehead atoms. The van der Waals surface area contributed by atoms with Crippen molar-refractivity contribution in [1.29, 1.82) is 0 Å². The monoisotopic (exact) mass is 281 g/mol. The maximum atomic E-state index is 12.0. The number of pyridine rings is 1. The molecule has 6 nitrogen and oxygen atoms in total. The summed E-state index contributed by atoms with van der Waals surface area (Å²) in [5.74, 6) is 0.495. The van der Waals surface area contributed by atoms with Gasteiger partial charge >= 0.3 is 0 Å². The second-order valence-electron chi connectivity index (χ2n) is 4.14. The van der Waals surface area contributed by atoms with E-state index in [-0.39, 0.29) is 5.91 Å². The highest BCUT2D eigenvalue weighted by Gasteiger charge is 2.10. The lowest BCUT2D eigenvalue weighted by molar-refractivity contribution is 0.0688. The Morgan fingerprint density at radius 3 is 2.95 bits per heavy atom. The van der Waals surface area contributed by atoms with Crippen LogP contribution in [0.3, 0.4) is 0 Å². The summed E-state index contributed by atoms with van der Waals surface area (Å²) in [6.45, 7) is 5.05. The van der Waals surface area contributed by atoms with E-state index in [9.17, 15) is 4.79 Å². The van der Waals surface area contributed by atoms with Gasteiger partial charge in [-0.1, -0.05) is 0 Å². The Hall–Kier alpha value is -1.66. The van der Waals surface area contributed by atoms with Gasteiger partial charge in [-0.3, -0.25) is 4.79 Å². The number of carbonyl (C=O) groups excluding carboxylic acids is 1. The van der Waals surface area contributed by atoms with Gasteiger partial charge in [0, 0.05) is 33.0 Å². The number of anilines is 1. The topological polar surface area (TPSA) is 72.5 Å². The molecule has 2 N–H and O–H groups in total. The minimum Gasteiger partial charge on any atom is -0.382 e. The molecule has 0 aliphatic rings. The number of ether oxygens (including phenoxy) is 2. The van der Waals surface area contributed by atoms with E-state index < -0.39 is 0 Å². The molecule has 1 rings (SSSR count). The zero-order chi connectivity index (χ0) is 14.6. The largest absolute Gasteiger partial charge is 0.382 e. The van der Waals surface area contributed by atoms with E-state index in [1.54, 1.807) is 25.4 Å². The van der Waals surface area contributed by atoms with Crippen LogP contribution in [0.15, 0.2) is 18.3 Å². The molecular weight excluding hydrogens is 258 g/mol. The lowest BCUT2D eigenvalue weighted by Crippen LogP contribution is -2.26. The molecule has 0 radical (unpaired) electrons. The first-order chi connectivity index (χ1) is 9.79. The number of methoxy groups -OCH3 is 1. The number of amides is 1. The molecule has 0 saturated carbocycles. The van der Waals surface area contributed by atoms with Gasteiger partial charge in [-0.05, 0) is 25.5 Å². The van der Waals surface area contributed by atoms with Crippen LogP contribution < -0.4 is 10.6 Å². The van der Waals surface area contributed by atoms with Gasteiger partial charge < -0.3 is 20.1 Å². The Labute approximate surface area is 119 Å². The van der Waals surface area contributed by atoms with Crippen molar-refractivity contribution >= 4 is 11.7 Å². The van der Waals surface area contributed by atoms with E-state index in [2.05, 4.69) is 15.6 Å². The van der Waals surface area contributed by atoms with Crippen molar-refractivity contribution in [2.24, 2.45) is 0 Å². The first-order valence-corrected chi connectivity index (χ1v) is 6.83. The van der Waals surface area contributed by atoms with Gasteiger partial charge in [-0.25, -0.2) is 4.98 Å². The summed E-state index contributed by atoms with van der Waals surface area (Å²) in [7, 11) is 1.64. The van der Waals surface area contributed by atoms with Crippen molar-refractivity contribution in [2.75, 3.05) is 45.3 Å². The molecule has 0 aromatic carbocycles. The minimum absolute atomic E-state index is 0.119. The van der Waals surface area contributed by atoms with Crippen LogP contribution in [0.1, 0.15) is 23.7 Å². The van der Waals surface area contributed by atoms with Gasteiger partial charge in [0.25, 0.3) is 5.91 Å². The van der Waals surface area contributed by atoms with Crippen molar-refractivity contribution in [3.63, 3.8) is 0 Å². The molecule has 1 aromatic heterocycles. The first kappa shape index (κ1) is 16.4. The van der Waals surface area contributed by atoms with Crippen LogP contribution in [-0.4, -0.2) is 50.9 Å². The lowest BCUT2D eigenvalue weighted by Gasteiger charge is -2.10.